The number of hydrogen-bond acceptors (Lipinski definition) is 6. The zero-order chi connectivity index (χ0) is 52.3. The van der Waals surface area contributed by atoms with Crippen molar-refractivity contribution in [3.8, 4) is 5.75 Å². The smallest absolute Gasteiger partial charge is 0.460 e. The van der Waals surface area contributed by atoms with Crippen LogP contribution in [0.2, 0.25) is 17.1 Å². The lowest BCUT2D eigenvalue weighted by atomic mass is 9.88. The molecule has 0 aliphatic rings. The number of alkyl halides is 17. The van der Waals surface area contributed by atoms with Gasteiger partial charge in [-0.3, -0.25) is 15.3 Å². The van der Waals surface area contributed by atoms with Crippen LogP contribution in [0.15, 0.2) is 53.6 Å². The summed E-state index contributed by atoms with van der Waals surface area (Å²) in [5, 5.41) is 11.2. The Morgan fingerprint density at radius 2 is 1.15 bits per heavy atom. The van der Waals surface area contributed by atoms with Crippen molar-refractivity contribution in [3.05, 3.63) is 70.8 Å². The monoisotopic (exact) mass is 1020 g/mol. The molecule has 8 nitrogen and oxygen atoms in total. The van der Waals surface area contributed by atoms with Crippen molar-refractivity contribution < 1.29 is 112 Å². The molecule has 0 spiro atoms. The van der Waals surface area contributed by atoms with Gasteiger partial charge in [0.2, 0.25) is 0 Å². The number of amides is 2. The van der Waals surface area contributed by atoms with E-state index < -0.39 is 134 Å². The number of rotatable bonds is 22. The molecule has 0 fully saturated rings. The van der Waals surface area contributed by atoms with Gasteiger partial charge < -0.3 is 13.9 Å². The van der Waals surface area contributed by atoms with Crippen molar-refractivity contribution in [1.82, 2.24) is 5.48 Å². The van der Waals surface area contributed by atoms with Crippen LogP contribution in [0.4, 0.5) is 93.9 Å². The molecule has 2 atom stereocenters. The molecule has 0 bridgehead atoms. The normalized spacial score (nSPS) is 15.3. The Morgan fingerprint density at radius 1 is 0.672 bits per heavy atom. The molecule has 0 radical (unpaired) electrons. The van der Waals surface area contributed by atoms with E-state index in [1.165, 1.54) is 78.2 Å². The number of anilines is 1. The van der Waals surface area contributed by atoms with Crippen LogP contribution in [0.25, 0.3) is 0 Å². The van der Waals surface area contributed by atoms with Gasteiger partial charge in [-0.1, -0.05) is 52.3 Å². The fourth-order valence-electron chi connectivity index (χ4n) is 6.64. The Hall–Kier alpha value is -4.47. The first kappa shape index (κ1) is 58.7. The predicted molar refractivity (Wildman–Crippen MR) is 201 cm³/mol. The first-order valence-electron chi connectivity index (χ1n) is 19.3. The molecular formula is C39H43F19N2O6Si. The molecule has 0 aliphatic heterocycles. The molecule has 382 valence electrons. The van der Waals surface area contributed by atoms with Gasteiger partial charge in [0.15, 0.2) is 8.32 Å². The largest absolute Gasteiger partial charge is 0.491 e. The summed E-state index contributed by atoms with van der Waals surface area (Å²) >= 11 is 0. The van der Waals surface area contributed by atoms with Crippen molar-refractivity contribution >= 4 is 26.0 Å². The Labute approximate surface area is 370 Å². The molecule has 0 unspecified atom stereocenters. The fraction of sp³-hybridized carbons (Fsp3) is 0.590. The highest BCUT2D eigenvalue weighted by molar-refractivity contribution is 6.76. The predicted octanol–water partition coefficient (Wildman–Crippen LogP) is 13.3. The lowest BCUT2D eigenvalue weighted by molar-refractivity contribution is -0.461. The second kappa shape index (κ2) is 20.6. The molecule has 0 aromatic heterocycles. The van der Waals surface area contributed by atoms with Crippen molar-refractivity contribution in [1.29, 1.82) is 0 Å². The van der Waals surface area contributed by atoms with E-state index >= 15 is 8.78 Å². The summed E-state index contributed by atoms with van der Waals surface area (Å²) in [6.45, 7) is 8.29. The summed E-state index contributed by atoms with van der Waals surface area (Å²) < 4.78 is 280. The second-order valence-electron chi connectivity index (χ2n) is 15.8. The van der Waals surface area contributed by atoms with Crippen LogP contribution in [0.1, 0.15) is 66.6 Å². The molecule has 2 amide bonds. The molecule has 3 N–H and O–H groups in total. The minimum Gasteiger partial charge on any atom is -0.491 e. The summed E-state index contributed by atoms with van der Waals surface area (Å²) in [6, 6.07) is 6.07. The standard InChI is InChI=1S/C39H43F19N2O6Si/c1-19(2)67(20(3)4,17-14-32(42,43)33(44,45)34(46,47)35(48,49)36(50,51)37(52,53)38(54,55)39(56,57)58)65-16-15-64-26-11-8-24(9-12-26)29(22(6)21(5)23(7)30(61)60-63)66-31(62)59-28-13-10-25(40)18-27(28)41/h8-13,18-20,22,29,63H,14-17H2,1-7H3,(H,59,62)(H,60,61)/b23-21+/t22-,29-/m1/s1. The van der Waals surface area contributed by atoms with E-state index in [1.807, 2.05) is 0 Å². The van der Waals surface area contributed by atoms with Crippen LogP contribution in [0.5, 0.6) is 5.75 Å². The first-order chi connectivity index (χ1) is 30.2. The van der Waals surface area contributed by atoms with Crippen LogP contribution in [0.3, 0.4) is 0 Å². The molecular weight excluding hydrogens is 981 g/mol. The summed E-state index contributed by atoms with van der Waals surface area (Å²) in [5.41, 5.74) is -0.425. The summed E-state index contributed by atoms with van der Waals surface area (Å²) in [5.74, 6) is -60.9. The van der Waals surface area contributed by atoms with Gasteiger partial charge in [-0.25, -0.2) is 19.1 Å². The molecule has 2 aromatic rings. The Bertz CT molecular complexity index is 2060. The number of halogens is 19. The van der Waals surface area contributed by atoms with E-state index in [2.05, 4.69) is 5.32 Å². The topological polar surface area (TPSA) is 106 Å². The van der Waals surface area contributed by atoms with Gasteiger partial charge in [0.25, 0.3) is 5.91 Å². The zero-order valence-electron chi connectivity index (χ0n) is 35.8. The van der Waals surface area contributed by atoms with Crippen molar-refractivity contribution in [2.75, 3.05) is 18.5 Å². The molecule has 2 aromatic carbocycles. The minimum absolute atomic E-state index is 0.00195. The molecule has 0 saturated carbocycles. The average molecular weight is 1020 g/mol. The average Bonchev–Trinajstić information content (AvgIpc) is 3.21. The van der Waals surface area contributed by atoms with E-state index in [0.29, 0.717) is 6.07 Å². The summed E-state index contributed by atoms with van der Waals surface area (Å²) in [4.78, 5) is 25.0. The maximum Gasteiger partial charge on any atom is 0.460 e. The summed E-state index contributed by atoms with van der Waals surface area (Å²) in [6.07, 6.45) is -13.0. The maximum absolute atomic E-state index is 15.0. The van der Waals surface area contributed by atoms with E-state index in [9.17, 15) is 84.2 Å². The maximum atomic E-state index is 15.0. The third-order valence-electron chi connectivity index (χ3n) is 11.1. The lowest BCUT2D eigenvalue weighted by Gasteiger charge is -2.44. The van der Waals surface area contributed by atoms with Crippen LogP contribution in [0, 0.1) is 17.6 Å². The number of carbonyl (C=O) groups excluding carboxylic acids is 2. The molecule has 0 saturated heterocycles. The Kier molecular flexibility index (Phi) is 18.1. The fourth-order valence-corrected chi connectivity index (χ4v) is 11.1. The van der Waals surface area contributed by atoms with Crippen LogP contribution in [-0.2, 0) is 14.0 Å². The highest BCUT2D eigenvalue weighted by atomic mass is 28.4. The van der Waals surface area contributed by atoms with E-state index in [-0.39, 0.29) is 22.5 Å². The number of carbonyl (C=O) groups is 2. The van der Waals surface area contributed by atoms with Crippen LogP contribution >= 0.6 is 0 Å². The van der Waals surface area contributed by atoms with Crippen molar-refractivity contribution in [3.63, 3.8) is 0 Å². The zero-order valence-corrected chi connectivity index (χ0v) is 36.8. The quantitative estimate of drug-likeness (QED) is 0.0271. The third kappa shape index (κ3) is 11.4. The highest BCUT2D eigenvalue weighted by Crippen LogP contribution is 2.64. The van der Waals surface area contributed by atoms with Gasteiger partial charge in [0.1, 0.15) is 30.1 Å². The van der Waals surface area contributed by atoms with E-state index in [0.717, 1.165) is 12.1 Å². The highest BCUT2D eigenvalue weighted by Gasteiger charge is 2.95. The van der Waals surface area contributed by atoms with Gasteiger partial charge in [0, 0.05) is 24.0 Å². The lowest BCUT2D eigenvalue weighted by Crippen LogP contribution is -2.74. The van der Waals surface area contributed by atoms with Gasteiger partial charge in [-0.2, -0.15) is 74.6 Å². The number of hydroxylamine groups is 1. The van der Waals surface area contributed by atoms with Gasteiger partial charge >= 0.3 is 53.7 Å². The number of hydrogen-bond donors (Lipinski definition) is 3. The molecule has 28 heteroatoms. The van der Waals surface area contributed by atoms with Crippen molar-refractivity contribution in [2.24, 2.45) is 5.92 Å². The molecule has 0 aliphatic carbocycles. The van der Waals surface area contributed by atoms with Crippen LogP contribution in [-0.4, -0.2) is 86.4 Å². The van der Waals surface area contributed by atoms with E-state index in [4.69, 9.17) is 19.1 Å². The Balaban J connectivity index is 2.36. The third-order valence-corrected chi connectivity index (χ3v) is 16.8. The van der Waals surface area contributed by atoms with Crippen molar-refractivity contribution in [2.45, 2.75) is 126 Å². The van der Waals surface area contributed by atoms with Crippen LogP contribution < -0.4 is 15.5 Å². The first-order valence-corrected chi connectivity index (χ1v) is 21.6. The second-order valence-corrected chi connectivity index (χ2v) is 20.8. The number of benzene rings is 2. The number of nitrogens with one attached hydrogen (secondary N) is 2. The molecule has 0 heterocycles. The van der Waals surface area contributed by atoms with E-state index in [1.54, 1.807) is 0 Å². The van der Waals surface area contributed by atoms with Gasteiger partial charge in [-0.15, -0.1) is 0 Å². The van der Waals surface area contributed by atoms with Gasteiger partial charge in [0.05, 0.1) is 12.3 Å². The number of ether oxygens (including phenoxy) is 2. The SMILES string of the molecule is C/C(C(=O)NO)=C(/C)[C@@H](C)[C@@H](OC(=O)Nc1ccc(F)cc1F)c1ccc(OCCO[Si](CCC(F)(F)C(F)(F)C(F)(F)C(F)(F)C(F)(F)C(F)(F)C(F)(F)C(F)(F)F)(C(C)C)C(C)C)cc1. The molecule has 2 rings (SSSR count). The minimum atomic E-state index is -8.73. The van der Waals surface area contributed by atoms with Gasteiger partial charge in [-0.05, 0) is 60.8 Å². The molecule has 67 heavy (non-hydrogen) atoms. The Morgan fingerprint density at radius 3 is 1.60 bits per heavy atom. The summed E-state index contributed by atoms with van der Waals surface area (Å²) in [7, 11) is -4.08.